The Morgan fingerprint density at radius 2 is 2.25 bits per heavy atom. The molecule has 0 aliphatic heterocycles. The Kier molecular flexibility index (Phi) is 3.44. The van der Waals surface area contributed by atoms with E-state index in [1.807, 2.05) is 18.2 Å². The molecule has 1 aromatic rings. The molecule has 0 atom stereocenters. The van der Waals surface area contributed by atoms with E-state index in [0.29, 0.717) is 0 Å². The number of hydrogen-bond donors (Lipinski definition) is 2. The van der Waals surface area contributed by atoms with Crippen molar-refractivity contribution in [2.45, 2.75) is 11.3 Å². The second-order valence-corrected chi connectivity index (χ2v) is 3.12. The van der Waals surface area contributed by atoms with Gasteiger partial charge in [-0.25, -0.2) is 0 Å². The van der Waals surface area contributed by atoms with Gasteiger partial charge >= 0.3 is 0 Å². The van der Waals surface area contributed by atoms with Gasteiger partial charge in [-0.3, -0.25) is 0 Å². The molecule has 0 aromatic heterocycles. The van der Waals surface area contributed by atoms with Crippen molar-refractivity contribution < 1.29 is 4.74 Å². The number of anilines is 1. The average molecular weight is 183 g/mol. The SMILES string of the molecule is COCCc1ccc(S)c(N)c1. The van der Waals surface area contributed by atoms with Gasteiger partial charge in [0.05, 0.1) is 6.61 Å². The predicted octanol–water partition coefficient (Wildman–Crippen LogP) is 1.75. The summed E-state index contributed by atoms with van der Waals surface area (Å²) in [5.41, 5.74) is 7.59. The maximum atomic E-state index is 5.68. The van der Waals surface area contributed by atoms with E-state index in [4.69, 9.17) is 10.5 Å². The third-order valence-electron chi connectivity index (χ3n) is 1.69. The van der Waals surface area contributed by atoms with Crippen LogP contribution in [0.4, 0.5) is 5.69 Å². The fraction of sp³-hybridized carbons (Fsp3) is 0.333. The van der Waals surface area contributed by atoms with Gasteiger partial charge in [-0.15, -0.1) is 12.6 Å². The molecule has 12 heavy (non-hydrogen) atoms. The van der Waals surface area contributed by atoms with Crippen LogP contribution in [0.2, 0.25) is 0 Å². The summed E-state index contributed by atoms with van der Waals surface area (Å²) in [6.07, 6.45) is 0.898. The third-order valence-corrected chi connectivity index (χ3v) is 2.09. The lowest BCUT2D eigenvalue weighted by molar-refractivity contribution is 0.202. The lowest BCUT2D eigenvalue weighted by Crippen LogP contribution is -1.96. The minimum atomic E-state index is 0.728. The van der Waals surface area contributed by atoms with Gasteiger partial charge in [0, 0.05) is 17.7 Å². The van der Waals surface area contributed by atoms with Gasteiger partial charge in [0.25, 0.3) is 0 Å². The molecule has 1 aromatic carbocycles. The summed E-state index contributed by atoms with van der Waals surface area (Å²) in [7, 11) is 1.69. The van der Waals surface area contributed by atoms with Crippen LogP contribution in [0.3, 0.4) is 0 Å². The summed E-state index contributed by atoms with van der Waals surface area (Å²) in [6.45, 7) is 0.728. The Bertz CT molecular complexity index is 263. The van der Waals surface area contributed by atoms with E-state index < -0.39 is 0 Å². The summed E-state index contributed by atoms with van der Waals surface area (Å²) in [5.74, 6) is 0. The zero-order valence-electron chi connectivity index (χ0n) is 7.08. The normalized spacial score (nSPS) is 10.2. The minimum Gasteiger partial charge on any atom is -0.398 e. The first kappa shape index (κ1) is 9.42. The fourth-order valence-electron chi connectivity index (χ4n) is 0.979. The molecule has 0 amide bonds. The molecule has 0 aliphatic rings. The first-order chi connectivity index (χ1) is 5.74. The number of methoxy groups -OCH3 is 1. The van der Waals surface area contributed by atoms with Gasteiger partial charge in [-0.05, 0) is 24.1 Å². The van der Waals surface area contributed by atoms with Crippen LogP contribution in [0.15, 0.2) is 23.1 Å². The van der Waals surface area contributed by atoms with Crippen LogP contribution in [0.25, 0.3) is 0 Å². The zero-order valence-corrected chi connectivity index (χ0v) is 7.97. The van der Waals surface area contributed by atoms with Crippen LogP contribution < -0.4 is 5.73 Å². The first-order valence-corrected chi connectivity index (χ1v) is 4.25. The highest BCUT2D eigenvalue weighted by Crippen LogP contribution is 2.17. The molecule has 0 unspecified atom stereocenters. The Balaban J connectivity index is 2.69. The van der Waals surface area contributed by atoms with E-state index >= 15 is 0 Å². The summed E-state index contributed by atoms with van der Waals surface area (Å²) in [4.78, 5) is 0.830. The molecule has 0 heterocycles. The monoisotopic (exact) mass is 183 g/mol. The second kappa shape index (κ2) is 4.38. The number of hydrogen-bond acceptors (Lipinski definition) is 3. The van der Waals surface area contributed by atoms with Crippen LogP contribution in [0, 0.1) is 0 Å². The smallest absolute Gasteiger partial charge is 0.0502 e. The Labute approximate surface area is 78.1 Å². The minimum absolute atomic E-state index is 0.728. The summed E-state index contributed by atoms with van der Waals surface area (Å²) >= 11 is 4.18. The van der Waals surface area contributed by atoms with Gasteiger partial charge < -0.3 is 10.5 Å². The number of nitrogen functional groups attached to an aromatic ring is 1. The van der Waals surface area contributed by atoms with E-state index in [-0.39, 0.29) is 0 Å². The molecule has 0 saturated heterocycles. The fourth-order valence-corrected chi connectivity index (χ4v) is 1.12. The van der Waals surface area contributed by atoms with Crippen LogP contribution in [-0.4, -0.2) is 13.7 Å². The highest BCUT2D eigenvalue weighted by molar-refractivity contribution is 7.80. The largest absolute Gasteiger partial charge is 0.398 e. The molecule has 66 valence electrons. The number of ether oxygens (including phenoxy) is 1. The first-order valence-electron chi connectivity index (χ1n) is 3.80. The molecule has 0 radical (unpaired) electrons. The maximum Gasteiger partial charge on any atom is 0.0502 e. The van der Waals surface area contributed by atoms with Gasteiger partial charge in [0.15, 0.2) is 0 Å². The molecule has 2 N–H and O–H groups in total. The molecular formula is C9H13NOS. The predicted molar refractivity (Wildman–Crippen MR) is 53.7 cm³/mol. The van der Waals surface area contributed by atoms with Gasteiger partial charge in [0.1, 0.15) is 0 Å². The lowest BCUT2D eigenvalue weighted by atomic mass is 10.1. The molecule has 1 rings (SSSR count). The van der Waals surface area contributed by atoms with Crippen LogP contribution in [-0.2, 0) is 11.2 Å². The van der Waals surface area contributed by atoms with Crippen LogP contribution in [0.5, 0.6) is 0 Å². The molecule has 0 fully saturated rings. The topological polar surface area (TPSA) is 35.2 Å². The number of rotatable bonds is 3. The van der Waals surface area contributed by atoms with E-state index in [1.54, 1.807) is 7.11 Å². The zero-order chi connectivity index (χ0) is 8.97. The standard InChI is InChI=1S/C9H13NOS/c1-11-5-4-7-2-3-9(12)8(10)6-7/h2-3,6,12H,4-5,10H2,1H3. The van der Waals surface area contributed by atoms with Gasteiger partial charge in [-0.2, -0.15) is 0 Å². The molecule has 0 aliphatic carbocycles. The molecule has 0 spiro atoms. The van der Waals surface area contributed by atoms with E-state index in [1.165, 1.54) is 5.56 Å². The molecule has 3 heteroatoms. The maximum absolute atomic E-state index is 5.68. The Hall–Kier alpha value is -0.670. The number of nitrogens with two attached hydrogens (primary N) is 1. The van der Waals surface area contributed by atoms with E-state index in [9.17, 15) is 0 Å². The Morgan fingerprint density at radius 3 is 2.83 bits per heavy atom. The van der Waals surface area contributed by atoms with Crippen molar-refractivity contribution in [1.82, 2.24) is 0 Å². The number of thiol groups is 1. The highest BCUT2D eigenvalue weighted by Gasteiger charge is 1.96. The molecule has 0 saturated carbocycles. The molecule has 0 bridgehead atoms. The second-order valence-electron chi connectivity index (χ2n) is 2.64. The van der Waals surface area contributed by atoms with Crippen molar-refractivity contribution in [3.05, 3.63) is 23.8 Å². The van der Waals surface area contributed by atoms with Crippen molar-refractivity contribution >= 4 is 18.3 Å². The van der Waals surface area contributed by atoms with Crippen molar-refractivity contribution in [3.8, 4) is 0 Å². The van der Waals surface area contributed by atoms with Crippen LogP contribution in [0.1, 0.15) is 5.56 Å². The summed E-state index contributed by atoms with van der Waals surface area (Å²) in [5, 5.41) is 0. The molecular weight excluding hydrogens is 170 g/mol. The van der Waals surface area contributed by atoms with Crippen molar-refractivity contribution in [3.63, 3.8) is 0 Å². The number of benzene rings is 1. The summed E-state index contributed by atoms with van der Waals surface area (Å²) in [6, 6.07) is 5.85. The Morgan fingerprint density at radius 1 is 1.50 bits per heavy atom. The van der Waals surface area contributed by atoms with Gasteiger partial charge in [-0.1, -0.05) is 6.07 Å². The van der Waals surface area contributed by atoms with Gasteiger partial charge in [0.2, 0.25) is 0 Å². The van der Waals surface area contributed by atoms with Crippen molar-refractivity contribution in [2.24, 2.45) is 0 Å². The summed E-state index contributed by atoms with van der Waals surface area (Å²) < 4.78 is 4.96. The van der Waals surface area contributed by atoms with E-state index in [2.05, 4.69) is 12.6 Å². The highest BCUT2D eigenvalue weighted by atomic mass is 32.1. The van der Waals surface area contributed by atoms with Crippen molar-refractivity contribution in [2.75, 3.05) is 19.5 Å². The van der Waals surface area contributed by atoms with Crippen LogP contribution >= 0.6 is 12.6 Å². The molecule has 2 nitrogen and oxygen atoms in total. The lowest BCUT2D eigenvalue weighted by Gasteiger charge is -2.03. The third kappa shape index (κ3) is 2.43. The van der Waals surface area contributed by atoms with Crippen molar-refractivity contribution in [1.29, 1.82) is 0 Å². The quantitative estimate of drug-likeness (QED) is 0.553. The average Bonchev–Trinajstić information content (AvgIpc) is 2.07. The van der Waals surface area contributed by atoms with E-state index in [0.717, 1.165) is 23.6 Å².